The predicted molar refractivity (Wildman–Crippen MR) is 96.9 cm³/mol. The zero-order valence-corrected chi connectivity index (χ0v) is 14.7. The first kappa shape index (κ1) is 15.9. The van der Waals surface area contributed by atoms with Crippen molar-refractivity contribution in [3.8, 4) is 17.0 Å². The lowest BCUT2D eigenvalue weighted by molar-refractivity contribution is 0.416. The molecule has 6 heteroatoms. The van der Waals surface area contributed by atoms with Gasteiger partial charge in [0.05, 0.1) is 19.0 Å². The summed E-state index contributed by atoms with van der Waals surface area (Å²) in [6, 6.07) is 6.12. The van der Waals surface area contributed by atoms with E-state index < -0.39 is 0 Å². The summed E-state index contributed by atoms with van der Waals surface area (Å²) in [7, 11) is 1.65. The number of aromatic nitrogens is 4. The molecule has 0 radical (unpaired) electrons. The number of hydrogen-bond acceptors (Lipinski definition) is 4. The second-order valence-electron chi connectivity index (χ2n) is 7.03. The van der Waals surface area contributed by atoms with Gasteiger partial charge < -0.3 is 4.74 Å². The highest BCUT2D eigenvalue weighted by Crippen LogP contribution is 2.33. The molecule has 0 atom stereocenters. The van der Waals surface area contributed by atoms with E-state index in [1.54, 1.807) is 17.9 Å². The van der Waals surface area contributed by atoms with E-state index in [1.807, 2.05) is 6.07 Å². The summed E-state index contributed by atoms with van der Waals surface area (Å²) in [4.78, 5) is 24.2. The van der Waals surface area contributed by atoms with Crippen LogP contribution >= 0.6 is 0 Å². The Morgan fingerprint density at radius 3 is 2.84 bits per heavy atom. The zero-order chi connectivity index (χ0) is 17.6. The van der Waals surface area contributed by atoms with E-state index in [1.165, 1.54) is 18.4 Å². The molecule has 1 aliphatic rings. The Morgan fingerprint density at radius 1 is 1.36 bits per heavy atom. The second-order valence-corrected chi connectivity index (χ2v) is 7.03. The highest BCUT2D eigenvalue weighted by Gasteiger charge is 2.24. The maximum atomic E-state index is 12.2. The average molecular weight is 338 g/mol. The summed E-state index contributed by atoms with van der Waals surface area (Å²) in [5, 5.41) is 0. The van der Waals surface area contributed by atoms with Crippen LogP contribution in [-0.4, -0.2) is 26.6 Å². The van der Waals surface area contributed by atoms with Gasteiger partial charge in [0.1, 0.15) is 5.75 Å². The molecule has 0 spiro atoms. The molecule has 0 saturated heterocycles. The quantitative estimate of drug-likeness (QED) is 0.774. The van der Waals surface area contributed by atoms with Gasteiger partial charge in [-0.25, -0.2) is 14.8 Å². The summed E-state index contributed by atoms with van der Waals surface area (Å²) in [5.74, 6) is 1.74. The lowest BCUT2D eigenvalue weighted by Crippen LogP contribution is -2.18. The van der Waals surface area contributed by atoms with Crippen molar-refractivity contribution in [3.05, 3.63) is 40.4 Å². The molecule has 2 heterocycles. The van der Waals surface area contributed by atoms with Crippen molar-refractivity contribution in [2.45, 2.75) is 39.2 Å². The van der Waals surface area contributed by atoms with Gasteiger partial charge in [0.2, 0.25) is 0 Å². The fourth-order valence-electron chi connectivity index (χ4n) is 3.06. The molecule has 1 saturated carbocycles. The highest BCUT2D eigenvalue weighted by molar-refractivity contribution is 5.74. The Kier molecular flexibility index (Phi) is 3.82. The van der Waals surface area contributed by atoms with E-state index in [-0.39, 0.29) is 5.69 Å². The minimum Gasteiger partial charge on any atom is -0.496 e. The molecule has 1 fully saturated rings. The number of rotatable bonds is 5. The predicted octanol–water partition coefficient (Wildman–Crippen LogP) is 3.33. The van der Waals surface area contributed by atoms with Crippen LogP contribution in [0.4, 0.5) is 0 Å². The van der Waals surface area contributed by atoms with Gasteiger partial charge in [0.25, 0.3) is 0 Å². The SMILES string of the molecule is COc1ccc(C(C)C)cc1-c1cnc2[nH]c(=O)n(CC3CC3)c2n1. The molecule has 2 aromatic heterocycles. The Hall–Kier alpha value is -2.63. The number of H-pyrrole nitrogens is 1. The Labute approximate surface area is 145 Å². The van der Waals surface area contributed by atoms with Crippen molar-refractivity contribution in [1.29, 1.82) is 0 Å². The Bertz CT molecular complexity index is 983. The van der Waals surface area contributed by atoms with Gasteiger partial charge >= 0.3 is 5.69 Å². The van der Waals surface area contributed by atoms with Crippen LogP contribution in [0.5, 0.6) is 5.75 Å². The van der Waals surface area contributed by atoms with Crippen LogP contribution in [0.3, 0.4) is 0 Å². The van der Waals surface area contributed by atoms with Crippen LogP contribution in [-0.2, 0) is 6.54 Å². The summed E-state index contributed by atoms with van der Waals surface area (Å²) in [6.45, 7) is 5.01. The van der Waals surface area contributed by atoms with Gasteiger partial charge in [-0.2, -0.15) is 0 Å². The van der Waals surface area contributed by atoms with Gasteiger partial charge in [-0.1, -0.05) is 19.9 Å². The molecular formula is C19H22N4O2. The number of methoxy groups -OCH3 is 1. The summed E-state index contributed by atoms with van der Waals surface area (Å²) < 4.78 is 7.22. The molecule has 1 aromatic carbocycles. The summed E-state index contributed by atoms with van der Waals surface area (Å²) in [6.07, 6.45) is 4.05. The topological polar surface area (TPSA) is 72.8 Å². The van der Waals surface area contributed by atoms with Crippen molar-refractivity contribution in [3.63, 3.8) is 0 Å². The van der Waals surface area contributed by atoms with E-state index in [4.69, 9.17) is 9.72 Å². The summed E-state index contributed by atoms with van der Waals surface area (Å²) >= 11 is 0. The molecular weight excluding hydrogens is 316 g/mol. The molecule has 1 N–H and O–H groups in total. The first-order valence-corrected chi connectivity index (χ1v) is 8.70. The first-order valence-electron chi connectivity index (χ1n) is 8.70. The maximum Gasteiger partial charge on any atom is 0.328 e. The number of fused-ring (bicyclic) bond motifs is 1. The standard InChI is InChI=1S/C19H22N4O2/c1-11(2)13-6-7-16(25-3)14(8-13)15-9-20-17-18(21-15)23(19(24)22-17)10-12-4-5-12/h6-9,11-12H,4-5,10H2,1-3H3,(H,20,22,24). The third-order valence-corrected chi connectivity index (χ3v) is 4.78. The van der Waals surface area contributed by atoms with Crippen molar-refractivity contribution in [2.75, 3.05) is 7.11 Å². The summed E-state index contributed by atoms with van der Waals surface area (Å²) in [5.41, 5.74) is 3.84. The van der Waals surface area contributed by atoms with Gasteiger partial charge in [-0.05, 0) is 42.4 Å². The molecule has 0 amide bonds. The number of ether oxygens (including phenoxy) is 1. The minimum atomic E-state index is -0.137. The fraction of sp³-hybridized carbons (Fsp3) is 0.421. The number of aromatic amines is 1. The zero-order valence-electron chi connectivity index (χ0n) is 14.7. The third-order valence-electron chi connectivity index (χ3n) is 4.78. The van der Waals surface area contributed by atoms with Gasteiger partial charge in [0.15, 0.2) is 11.3 Å². The van der Waals surface area contributed by atoms with Gasteiger partial charge in [-0.3, -0.25) is 9.55 Å². The molecule has 0 unspecified atom stereocenters. The number of nitrogens with zero attached hydrogens (tertiary/aromatic N) is 3. The van der Waals surface area contributed by atoms with Crippen molar-refractivity contribution in [1.82, 2.24) is 19.5 Å². The van der Waals surface area contributed by atoms with Gasteiger partial charge in [0, 0.05) is 12.1 Å². The second kappa shape index (κ2) is 6.02. The fourth-order valence-corrected chi connectivity index (χ4v) is 3.06. The molecule has 25 heavy (non-hydrogen) atoms. The third kappa shape index (κ3) is 2.92. The monoisotopic (exact) mass is 338 g/mol. The molecule has 6 nitrogen and oxygen atoms in total. The molecule has 1 aliphatic carbocycles. The lowest BCUT2D eigenvalue weighted by Gasteiger charge is -2.12. The van der Waals surface area contributed by atoms with Crippen molar-refractivity contribution in [2.24, 2.45) is 5.92 Å². The van der Waals surface area contributed by atoms with E-state index in [9.17, 15) is 4.79 Å². The maximum absolute atomic E-state index is 12.2. The number of hydrogen-bond donors (Lipinski definition) is 1. The van der Waals surface area contributed by atoms with E-state index >= 15 is 0 Å². The van der Waals surface area contributed by atoms with Gasteiger partial charge in [-0.15, -0.1) is 0 Å². The largest absolute Gasteiger partial charge is 0.496 e. The van der Waals surface area contributed by atoms with Crippen LogP contribution in [0.2, 0.25) is 0 Å². The van der Waals surface area contributed by atoms with E-state index in [0.717, 1.165) is 17.0 Å². The molecule has 130 valence electrons. The van der Waals surface area contributed by atoms with Crippen LogP contribution in [0, 0.1) is 5.92 Å². The number of benzene rings is 1. The average Bonchev–Trinajstić information content (AvgIpc) is 3.38. The smallest absolute Gasteiger partial charge is 0.328 e. The molecule has 3 aromatic rings. The van der Waals surface area contributed by atoms with Crippen LogP contribution in [0.15, 0.2) is 29.2 Å². The van der Waals surface area contributed by atoms with Crippen LogP contribution < -0.4 is 10.4 Å². The van der Waals surface area contributed by atoms with Crippen molar-refractivity contribution < 1.29 is 4.74 Å². The lowest BCUT2D eigenvalue weighted by atomic mass is 9.99. The van der Waals surface area contributed by atoms with Crippen molar-refractivity contribution >= 4 is 11.3 Å². The molecule has 0 aliphatic heterocycles. The highest BCUT2D eigenvalue weighted by atomic mass is 16.5. The number of imidazole rings is 1. The van der Waals surface area contributed by atoms with E-state index in [2.05, 4.69) is 35.9 Å². The van der Waals surface area contributed by atoms with Crippen LogP contribution in [0.25, 0.3) is 22.6 Å². The normalized spacial score (nSPS) is 14.4. The minimum absolute atomic E-state index is 0.137. The Balaban J connectivity index is 1.86. The number of nitrogens with one attached hydrogen (secondary N) is 1. The van der Waals surface area contributed by atoms with Crippen LogP contribution in [0.1, 0.15) is 38.2 Å². The van der Waals surface area contributed by atoms with E-state index in [0.29, 0.717) is 29.7 Å². The molecule has 0 bridgehead atoms. The Morgan fingerprint density at radius 2 is 2.16 bits per heavy atom. The molecule has 4 rings (SSSR count). The first-order chi connectivity index (χ1) is 12.1.